The van der Waals surface area contributed by atoms with Crippen molar-refractivity contribution in [3.05, 3.63) is 35.6 Å². The number of hydrogen-bond donors (Lipinski definition) is 0. The van der Waals surface area contributed by atoms with E-state index in [4.69, 9.17) is 0 Å². The highest BCUT2D eigenvalue weighted by Gasteiger charge is 2.06. The van der Waals surface area contributed by atoms with Gasteiger partial charge in [-0.1, -0.05) is 26.0 Å². The van der Waals surface area contributed by atoms with E-state index in [1.807, 2.05) is 13.8 Å². The van der Waals surface area contributed by atoms with Gasteiger partial charge in [-0.3, -0.25) is 4.79 Å². The second-order valence-corrected chi connectivity index (χ2v) is 3.94. The molecule has 0 atom stereocenters. The van der Waals surface area contributed by atoms with Crippen molar-refractivity contribution in [2.45, 2.75) is 26.7 Å². The van der Waals surface area contributed by atoms with E-state index >= 15 is 0 Å². The average molecular weight is 194 g/mol. The molecule has 0 heterocycles. The Balaban J connectivity index is 2.56. The lowest BCUT2D eigenvalue weighted by Crippen LogP contribution is -2.06. The number of rotatable bonds is 4. The Morgan fingerprint density at radius 1 is 1.43 bits per heavy atom. The highest BCUT2D eigenvalue weighted by Crippen LogP contribution is 2.08. The van der Waals surface area contributed by atoms with Crippen LogP contribution in [0.4, 0.5) is 4.39 Å². The van der Waals surface area contributed by atoms with Gasteiger partial charge in [0.15, 0.2) is 0 Å². The minimum atomic E-state index is -0.278. The number of benzene rings is 1. The fourth-order valence-electron chi connectivity index (χ4n) is 1.40. The monoisotopic (exact) mass is 194 g/mol. The van der Waals surface area contributed by atoms with Crippen molar-refractivity contribution >= 4 is 5.78 Å². The topological polar surface area (TPSA) is 17.1 Å². The molecule has 0 amide bonds. The molecule has 0 fully saturated rings. The summed E-state index contributed by atoms with van der Waals surface area (Å²) in [6.45, 7) is 4.01. The molecular formula is C12H15FO. The Hall–Kier alpha value is -1.18. The second kappa shape index (κ2) is 4.89. The molecule has 0 saturated heterocycles. The first-order chi connectivity index (χ1) is 6.58. The summed E-state index contributed by atoms with van der Waals surface area (Å²) in [6, 6.07) is 6.21. The van der Waals surface area contributed by atoms with Gasteiger partial charge in [0, 0.05) is 12.8 Å². The molecular weight excluding hydrogens is 179 g/mol. The summed E-state index contributed by atoms with van der Waals surface area (Å²) in [6.07, 6.45) is 0.909. The molecule has 0 N–H and O–H groups in total. The lowest BCUT2D eigenvalue weighted by atomic mass is 10.0. The third kappa shape index (κ3) is 3.69. The highest BCUT2D eigenvalue weighted by molar-refractivity contribution is 5.80. The molecule has 1 rings (SSSR count). The van der Waals surface area contributed by atoms with Gasteiger partial charge >= 0.3 is 0 Å². The van der Waals surface area contributed by atoms with Crippen LogP contribution >= 0.6 is 0 Å². The first-order valence-electron chi connectivity index (χ1n) is 4.84. The van der Waals surface area contributed by atoms with Crippen LogP contribution in [0.3, 0.4) is 0 Å². The molecule has 1 aromatic rings. The number of hydrogen-bond acceptors (Lipinski definition) is 1. The molecule has 76 valence electrons. The van der Waals surface area contributed by atoms with Crippen LogP contribution < -0.4 is 0 Å². The third-order valence-corrected chi connectivity index (χ3v) is 1.93. The van der Waals surface area contributed by atoms with Crippen molar-refractivity contribution in [1.29, 1.82) is 0 Å². The van der Waals surface area contributed by atoms with Crippen LogP contribution in [0.5, 0.6) is 0 Å². The number of halogens is 1. The van der Waals surface area contributed by atoms with Gasteiger partial charge in [-0.2, -0.15) is 0 Å². The maximum Gasteiger partial charge on any atom is 0.137 e. The highest BCUT2D eigenvalue weighted by atomic mass is 19.1. The van der Waals surface area contributed by atoms with E-state index in [0.717, 1.165) is 5.56 Å². The smallest absolute Gasteiger partial charge is 0.137 e. The number of ketones is 1. The molecule has 0 aliphatic rings. The van der Waals surface area contributed by atoms with E-state index in [1.165, 1.54) is 12.1 Å². The van der Waals surface area contributed by atoms with Crippen LogP contribution in [0.1, 0.15) is 25.8 Å². The Bertz CT molecular complexity index is 318. The van der Waals surface area contributed by atoms with Crippen LogP contribution in [-0.2, 0) is 11.2 Å². The molecule has 0 aliphatic carbocycles. The Kier molecular flexibility index (Phi) is 3.81. The standard InChI is InChI=1S/C12H15FO/c1-9(2)6-12(14)8-10-4-3-5-11(13)7-10/h3-5,7,9H,6,8H2,1-2H3. The zero-order valence-electron chi connectivity index (χ0n) is 8.59. The zero-order valence-corrected chi connectivity index (χ0v) is 8.59. The van der Waals surface area contributed by atoms with E-state index < -0.39 is 0 Å². The largest absolute Gasteiger partial charge is 0.299 e. The van der Waals surface area contributed by atoms with Crippen LogP contribution in [-0.4, -0.2) is 5.78 Å². The van der Waals surface area contributed by atoms with Gasteiger partial charge in [0.05, 0.1) is 0 Å². The minimum Gasteiger partial charge on any atom is -0.299 e. The minimum absolute atomic E-state index is 0.172. The maximum absolute atomic E-state index is 12.8. The van der Waals surface area contributed by atoms with Gasteiger partial charge in [0.1, 0.15) is 11.6 Å². The lowest BCUT2D eigenvalue weighted by Gasteiger charge is -2.03. The van der Waals surface area contributed by atoms with Crippen LogP contribution in [0.15, 0.2) is 24.3 Å². The molecule has 0 spiro atoms. The van der Waals surface area contributed by atoms with E-state index in [2.05, 4.69) is 0 Å². The van der Waals surface area contributed by atoms with Gasteiger partial charge in [0.2, 0.25) is 0 Å². The molecule has 1 nitrogen and oxygen atoms in total. The molecule has 2 heteroatoms. The van der Waals surface area contributed by atoms with Crippen molar-refractivity contribution in [2.75, 3.05) is 0 Å². The van der Waals surface area contributed by atoms with E-state index in [1.54, 1.807) is 12.1 Å². The normalized spacial score (nSPS) is 10.6. The summed E-state index contributed by atoms with van der Waals surface area (Å²) in [5, 5.41) is 0. The summed E-state index contributed by atoms with van der Waals surface area (Å²) < 4.78 is 12.8. The Morgan fingerprint density at radius 3 is 2.71 bits per heavy atom. The van der Waals surface area contributed by atoms with Crippen molar-refractivity contribution in [1.82, 2.24) is 0 Å². The molecule has 0 bridgehead atoms. The molecule has 0 radical (unpaired) electrons. The molecule has 0 saturated carbocycles. The molecule has 1 aromatic carbocycles. The number of carbonyl (C=O) groups excluding carboxylic acids is 1. The number of carbonyl (C=O) groups is 1. The second-order valence-electron chi connectivity index (χ2n) is 3.94. The van der Waals surface area contributed by atoms with Crippen LogP contribution in [0.2, 0.25) is 0 Å². The summed E-state index contributed by atoms with van der Waals surface area (Å²) in [7, 11) is 0. The van der Waals surface area contributed by atoms with Gasteiger partial charge in [-0.05, 0) is 23.6 Å². The summed E-state index contributed by atoms with van der Waals surface area (Å²) in [4.78, 5) is 11.4. The fourth-order valence-corrected chi connectivity index (χ4v) is 1.40. The van der Waals surface area contributed by atoms with E-state index in [-0.39, 0.29) is 11.6 Å². The van der Waals surface area contributed by atoms with Crippen molar-refractivity contribution < 1.29 is 9.18 Å². The molecule has 0 unspecified atom stereocenters. The van der Waals surface area contributed by atoms with Gasteiger partial charge in [-0.15, -0.1) is 0 Å². The third-order valence-electron chi connectivity index (χ3n) is 1.93. The van der Waals surface area contributed by atoms with Gasteiger partial charge < -0.3 is 0 Å². The van der Waals surface area contributed by atoms with E-state index in [9.17, 15) is 9.18 Å². The van der Waals surface area contributed by atoms with Crippen molar-refractivity contribution in [3.63, 3.8) is 0 Å². The van der Waals surface area contributed by atoms with Crippen LogP contribution in [0, 0.1) is 11.7 Å². The zero-order chi connectivity index (χ0) is 10.6. The summed E-state index contributed by atoms with van der Waals surface area (Å²) in [5.41, 5.74) is 0.760. The Morgan fingerprint density at radius 2 is 2.14 bits per heavy atom. The van der Waals surface area contributed by atoms with Crippen LogP contribution in [0.25, 0.3) is 0 Å². The predicted octanol–water partition coefficient (Wildman–Crippen LogP) is 2.98. The quantitative estimate of drug-likeness (QED) is 0.720. The SMILES string of the molecule is CC(C)CC(=O)Cc1cccc(F)c1. The average Bonchev–Trinajstić information content (AvgIpc) is 2.01. The predicted molar refractivity (Wildman–Crippen MR) is 54.6 cm³/mol. The Labute approximate surface area is 83.9 Å². The number of Topliss-reactive ketones (excluding diaryl/α,β-unsaturated/α-hetero) is 1. The first-order valence-corrected chi connectivity index (χ1v) is 4.84. The van der Waals surface area contributed by atoms with Gasteiger partial charge in [-0.25, -0.2) is 4.39 Å². The molecule has 0 aliphatic heterocycles. The molecule has 14 heavy (non-hydrogen) atoms. The van der Waals surface area contributed by atoms with E-state index in [0.29, 0.717) is 18.8 Å². The van der Waals surface area contributed by atoms with Crippen molar-refractivity contribution in [3.8, 4) is 0 Å². The van der Waals surface area contributed by atoms with Crippen molar-refractivity contribution in [2.24, 2.45) is 5.92 Å². The van der Waals surface area contributed by atoms with Gasteiger partial charge in [0.25, 0.3) is 0 Å². The summed E-state index contributed by atoms with van der Waals surface area (Å²) >= 11 is 0. The summed E-state index contributed by atoms with van der Waals surface area (Å²) in [5.74, 6) is 0.265. The first kappa shape index (κ1) is 10.9. The molecule has 0 aromatic heterocycles. The fraction of sp³-hybridized carbons (Fsp3) is 0.417. The lowest BCUT2D eigenvalue weighted by molar-refractivity contribution is -0.119. The maximum atomic E-state index is 12.8.